The maximum atomic E-state index is 10.9. The van der Waals surface area contributed by atoms with Crippen molar-refractivity contribution in [3.05, 3.63) is 23.8 Å². The molecule has 1 fully saturated rings. The highest BCUT2D eigenvalue weighted by molar-refractivity contribution is 5.72. The minimum atomic E-state index is -0.682. The van der Waals surface area contributed by atoms with Crippen LogP contribution in [0.3, 0.4) is 0 Å². The molecule has 19 heavy (non-hydrogen) atoms. The zero-order valence-electron chi connectivity index (χ0n) is 11.7. The minimum Gasteiger partial charge on any atom is -0.495 e. The summed E-state index contributed by atoms with van der Waals surface area (Å²) in [7, 11) is 3.68. The Bertz CT molecular complexity index is 466. The number of carboxylic acid groups (broad SMARTS) is 1. The Morgan fingerprint density at radius 1 is 1.47 bits per heavy atom. The van der Waals surface area contributed by atoms with Crippen molar-refractivity contribution >= 4 is 11.7 Å². The molecule has 1 aliphatic carbocycles. The Morgan fingerprint density at radius 3 is 2.68 bits per heavy atom. The van der Waals surface area contributed by atoms with Crippen molar-refractivity contribution in [3.8, 4) is 5.75 Å². The molecule has 4 heteroatoms. The molecular formula is C15H21NO3. The van der Waals surface area contributed by atoms with E-state index in [1.807, 2.05) is 13.1 Å². The first kappa shape index (κ1) is 13.7. The van der Waals surface area contributed by atoms with Crippen LogP contribution in [-0.2, 0) is 11.2 Å². The van der Waals surface area contributed by atoms with Crippen LogP contribution >= 0.6 is 0 Å². The average Bonchev–Trinajstić information content (AvgIpc) is 2.35. The van der Waals surface area contributed by atoms with Gasteiger partial charge in [-0.25, -0.2) is 0 Å². The van der Waals surface area contributed by atoms with Gasteiger partial charge < -0.3 is 14.7 Å². The second-order valence-corrected chi connectivity index (χ2v) is 5.13. The van der Waals surface area contributed by atoms with Gasteiger partial charge in [-0.15, -0.1) is 0 Å². The van der Waals surface area contributed by atoms with E-state index in [2.05, 4.69) is 24.0 Å². The van der Waals surface area contributed by atoms with Gasteiger partial charge in [-0.2, -0.15) is 0 Å². The number of hydrogen-bond donors (Lipinski definition) is 1. The molecule has 1 saturated carbocycles. The maximum Gasteiger partial charge on any atom is 0.306 e. The Morgan fingerprint density at radius 2 is 2.16 bits per heavy atom. The van der Waals surface area contributed by atoms with Gasteiger partial charge in [-0.3, -0.25) is 4.79 Å². The van der Waals surface area contributed by atoms with Crippen molar-refractivity contribution in [2.45, 2.75) is 32.2 Å². The molecule has 1 aromatic carbocycles. The van der Waals surface area contributed by atoms with Gasteiger partial charge in [0.05, 0.1) is 18.7 Å². The van der Waals surface area contributed by atoms with E-state index in [9.17, 15) is 4.79 Å². The second kappa shape index (κ2) is 5.51. The highest BCUT2D eigenvalue weighted by atomic mass is 16.5. The lowest BCUT2D eigenvalue weighted by Crippen LogP contribution is -2.45. The molecule has 1 aromatic rings. The standard InChI is InChI=1S/C15H21NO3/c1-4-10-5-6-14(19-3)13(7-10)16(2)12-8-11(9-12)15(17)18/h5-7,11-12H,4,8-9H2,1-3H3,(H,17,18). The molecule has 0 atom stereocenters. The second-order valence-electron chi connectivity index (χ2n) is 5.13. The zero-order chi connectivity index (χ0) is 14.0. The number of aliphatic carboxylic acids is 1. The molecule has 4 nitrogen and oxygen atoms in total. The molecule has 1 aliphatic rings. The quantitative estimate of drug-likeness (QED) is 0.887. The molecule has 104 valence electrons. The van der Waals surface area contributed by atoms with E-state index >= 15 is 0 Å². The van der Waals surface area contributed by atoms with Crippen molar-refractivity contribution in [1.29, 1.82) is 0 Å². The monoisotopic (exact) mass is 263 g/mol. The number of rotatable bonds is 5. The number of ether oxygens (including phenoxy) is 1. The largest absolute Gasteiger partial charge is 0.495 e. The molecule has 0 amide bonds. The van der Waals surface area contributed by atoms with Gasteiger partial charge in [-0.05, 0) is 37.0 Å². The summed E-state index contributed by atoms with van der Waals surface area (Å²) in [6, 6.07) is 6.48. The normalized spacial score (nSPS) is 21.6. The molecule has 0 saturated heterocycles. The fourth-order valence-electron chi connectivity index (χ4n) is 2.53. The molecule has 0 spiro atoms. The van der Waals surface area contributed by atoms with Crippen LogP contribution in [0, 0.1) is 5.92 Å². The van der Waals surface area contributed by atoms with Crippen molar-refractivity contribution in [2.24, 2.45) is 5.92 Å². The summed E-state index contributed by atoms with van der Waals surface area (Å²) in [5.41, 5.74) is 2.31. The maximum absolute atomic E-state index is 10.9. The van der Waals surface area contributed by atoms with E-state index in [0.29, 0.717) is 18.9 Å². The first-order chi connectivity index (χ1) is 9.06. The number of carboxylic acids is 1. The van der Waals surface area contributed by atoms with Crippen LogP contribution in [-0.4, -0.2) is 31.3 Å². The highest BCUT2D eigenvalue weighted by Crippen LogP contribution is 2.37. The lowest BCUT2D eigenvalue weighted by molar-refractivity contribution is -0.145. The van der Waals surface area contributed by atoms with Gasteiger partial charge in [0.2, 0.25) is 0 Å². The van der Waals surface area contributed by atoms with E-state index in [1.165, 1.54) is 5.56 Å². The van der Waals surface area contributed by atoms with Crippen LogP contribution in [0.5, 0.6) is 5.75 Å². The summed E-state index contributed by atoms with van der Waals surface area (Å²) >= 11 is 0. The third-order valence-electron chi connectivity index (χ3n) is 4.04. The SMILES string of the molecule is CCc1ccc(OC)c(N(C)C2CC(C(=O)O)C2)c1. The van der Waals surface area contributed by atoms with Crippen LogP contribution in [0.4, 0.5) is 5.69 Å². The molecule has 0 aliphatic heterocycles. The Balaban J connectivity index is 2.14. The van der Waals surface area contributed by atoms with Gasteiger partial charge in [0.1, 0.15) is 5.75 Å². The predicted molar refractivity (Wildman–Crippen MR) is 74.9 cm³/mol. The minimum absolute atomic E-state index is 0.187. The number of hydrogen-bond acceptors (Lipinski definition) is 3. The fourth-order valence-corrected chi connectivity index (χ4v) is 2.53. The number of methoxy groups -OCH3 is 1. The summed E-state index contributed by atoms with van der Waals surface area (Å²) in [5.74, 6) is -0.0230. The first-order valence-corrected chi connectivity index (χ1v) is 6.69. The van der Waals surface area contributed by atoms with E-state index in [1.54, 1.807) is 7.11 Å². The molecular weight excluding hydrogens is 242 g/mol. The van der Waals surface area contributed by atoms with Crippen molar-refractivity contribution in [1.82, 2.24) is 0 Å². The zero-order valence-corrected chi connectivity index (χ0v) is 11.7. The molecule has 2 rings (SSSR count). The Hall–Kier alpha value is -1.71. The van der Waals surface area contributed by atoms with Gasteiger partial charge >= 0.3 is 5.97 Å². The third kappa shape index (κ3) is 2.67. The molecule has 1 N–H and O–H groups in total. The average molecular weight is 263 g/mol. The number of anilines is 1. The number of carbonyl (C=O) groups is 1. The van der Waals surface area contributed by atoms with Crippen LogP contribution in [0.15, 0.2) is 18.2 Å². The van der Waals surface area contributed by atoms with Crippen molar-refractivity contribution in [2.75, 3.05) is 19.1 Å². The molecule has 0 unspecified atom stereocenters. The smallest absolute Gasteiger partial charge is 0.306 e. The van der Waals surface area contributed by atoms with E-state index in [-0.39, 0.29) is 5.92 Å². The lowest BCUT2D eigenvalue weighted by atomic mass is 9.79. The molecule has 0 heterocycles. The van der Waals surface area contributed by atoms with E-state index in [0.717, 1.165) is 17.9 Å². The molecule has 0 bridgehead atoms. The number of nitrogens with zero attached hydrogens (tertiary/aromatic N) is 1. The van der Waals surface area contributed by atoms with Crippen LogP contribution in [0.1, 0.15) is 25.3 Å². The molecule has 0 aromatic heterocycles. The summed E-state index contributed by atoms with van der Waals surface area (Å²) in [6.07, 6.45) is 2.41. The van der Waals surface area contributed by atoms with Crippen LogP contribution in [0.25, 0.3) is 0 Å². The Kier molecular flexibility index (Phi) is 3.98. The molecule has 0 radical (unpaired) electrons. The van der Waals surface area contributed by atoms with Crippen molar-refractivity contribution in [3.63, 3.8) is 0 Å². The van der Waals surface area contributed by atoms with Crippen LogP contribution < -0.4 is 9.64 Å². The number of aryl methyl sites for hydroxylation is 1. The first-order valence-electron chi connectivity index (χ1n) is 6.69. The topological polar surface area (TPSA) is 49.8 Å². The Labute approximate surface area is 114 Å². The summed E-state index contributed by atoms with van der Waals surface area (Å²) in [6.45, 7) is 2.12. The van der Waals surface area contributed by atoms with E-state index < -0.39 is 5.97 Å². The summed E-state index contributed by atoms with van der Waals surface area (Å²) in [4.78, 5) is 13.0. The van der Waals surface area contributed by atoms with Gasteiger partial charge in [0.15, 0.2) is 0 Å². The summed E-state index contributed by atoms with van der Waals surface area (Å²) in [5, 5.41) is 8.94. The predicted octanol–water partition coefficient (Wildman–Crippen LogP) is 2.56. The number of benzene rings is 1. The van der Waals surface area contributed by atoms with E-state index in [4.69, 9.17) is 9.84 Å². The summed E-state index contributed by atoms with van der Waals surface area (Å²) < 4.78 is 5.40. The highest BCUT2D eigenvalue weighted by Gasteiger charge is 2.37. The van der Waals surface area contributed by atoms with Gasteiger partial charge in [0.25, 0.3) is 0 Å². The lowest BCUT2D eigenvalue weighted by Gasteiger charge is -2.40. The van der Waals surface area contributed by atoms with Gasteiger partial charge in [0, 0.05) is 13.1 Å². The van der Waals surface area contributed by atoms with Crippen LogP contribution in [0.2, 0.25) is 0 Å². The fraction of sp³-hybridized carbons (Fsp3) is 0.533. The third-order valence-corrected chi connectivity index (χ3v) is 4.04. The van der Waals surface area contributed by atoms with Crippen molar-refractivity contribution < 1.29 is 14.6 Å². The van der Waals surface area contributed by atoms with Gasteiger partial charge in [-0.1, -0.05) is 13.0 Å².